The van der Waals surface area contributed by atoms with Crippen molar-refractivity contribution in [3.63, 3.8) is 0 Å². The molecule has 0 aliphatic carbocycles. The molecule has 5 atom stereocenters. The number of Topliss-reactive ketones (excluding diaryl/α,β-unsaturated/α-hetero) is 2. The van der Waals surface area contributed by atoms with Crippen LogP contribution in [0, 0.1) is 11.3 Å². The largest absolute Gasteiger partial charge is 0.508 e. The second-order valence-corrected chi connectivity index (χ2v) is 24.5. The zero-order valence-electron chi connectivity index (χ0n) is 53.4. The number of phenols is 1. The summed E-state index contributed by atoms with van der Waals surface area (Å²) in [6, 6.07) is 19.7. The number of rotatable bonds is 12. The van der Waals surface area contributed by atoms with Crippen molar-refractivity contribution in [1.82, 2.24) is 24.9 Å². The molecule has 0 spiro atoms. The first-order chi connectivity index (χ1) is 42.2. The van der Waals surface area contributed by atoms with Gasteiger partial charge in [-0.3, -0.25) is 33.6 Å². The van der Waals surface area contributed by atoms with Gasteiger partial charge >= 0.3 is 11.9 Å². The number of unbranched alkanes of at least 4 members (excludes halogenated alkanes) is 1. The van der Waals surface area contributed by atoms with Crippen LogP contribution < -0.4 is 19.5 Å². The minimum atomic E-state index is -1.52. The van der Waals surface area contributed by atoms with Crippen LogP contribution in [0.4, 0.5) is 0 Å². The van der Waals surface area contributed by atoms with Gasteiger partial charge < -0.3 is 58.4 Å². The van der Waals surface area contributed by atoms with E-state index in [0.717, 1.165) is 22.4 Å². The molecule has 482 valence electrons. The minimum Gasteiger partial charge on any atom is -0.508 e. The van der Waals surface area contributed by atoms with E-state index < -0.39 is 108 Å². The highest BCUT2D eigenvalue weighted by Crippen LogP contribution is 2.37. The first kappa shape index (κ1) is 69.8. The van der Waals surface area contributed by atoms with E-state index in [2.05, 4.69) is 5.32 Å². The number of hydrogen-bond donors (Lipinski definition) is 2. The van der Waals surface area contributed by atoms with E-state index in [-0.39, 0.29) is 81.9 Å². The molecule has 2 heterocycles. The van der Waals surface area contributed by atoms with Gasteiger partial charge in [0.2, 0.25) is 23.5 Å². The number of piperidine rings is 1. The molecule has 0 unspecified atom stereocenters. The van der Waals surface area contributed by atoms with Gasteiger partial charge in [-0.1, -0.05) is 80.4 Å². The maximum Gasteiger partial charge on any atom is 0.330 e. The number of aryl methyl sites for hydroxylation is 1. The van der Waals surface area contributed by atoms with Gasteiger partial charge in [0.05, 0.1) is 44.4 Å². The van der Waals surface area contributed by atoms with Gasteiger partial charge in [-0.05, 0) is 132 Å². The number of hydrogen-bond acceptors (Lipinski definition) is 16. The molecular weight excluding hydrogens is 1140 g/mol. The van der Waals surface area contributed by atoms with Crippen molar-refractivity contribution in [3.8, 4) is 23.0 Å². The fourth-order valence-corrected chi connectivity index (χ4v) is 10.7. The zero-order valence-corrected chi connectivity index (χ0v) is 53.4. The number of ketones is 2. The molecule has 89 heavy (non-hydrogen) atoms. The molecule has 5 amide bonds. The number of amides is 5. The maximum absolute atomic E-state index is 15.1. The molecule has 21 nitrogen and oxygen atoms in total. The number of likely N-dealkylation sites (N-methyl/N-ethyl adjacent to an activating group) is 3. The van der Waals surface area contributed by atoms with E-state index in [0.29, 0.717) is 48.3 Å². The average molecular weight is 1230 g/mol. The van der Waals surface area contributed by atoms with E-state index in [4.69, 9.17) is 28.4 Å². The van der Waals surface area contributed by atoms with Crippen LogP contribution in [0.1, 0.15) is 122 Å². The van der Waals surface area contributed by atoms with Gasteiger partial charge in [-0.15, -0.1) is 0 Å². The number of carbonyl (C=O) groups excluding carboxylic acids is 9. The predicted molar refractivity (Wildman–Crippen MR) is 333 cm³/mol. The summed E-state index contributed by atoms with van der Waals surface area (Å²) in [6.07, 6.45) is 4.54. The fraction of sp³-hybridized carbons (Fsp3) is 0.515. The third kappa shape index (κ3) is 19.6. The monoisotopic (exact) mass is 1230 g/mol. The molecule has 6 rings (SSSR count). The summed E-state index contributed by atoms with van der Waals surface area (Å²) >= 11 is 0. The number of nitrogens with zero attached hydrogens (tertiary/aromatic N) is 4. The number of fused-ring (bicyclic) bond motifs is 4. The van der Waals surface area contributed by atoms with E-state index >= 15 is 4.79 Å². The van der Waals surface area contributed by atoms with Crippen molar-refractivity contribution in [2.45, 2.75) is 142 Å². The smallest absolute Gasteiger partial charge is 0.330 e. The van der Waals surface area contributed by atoms with Crippen LogP contribution in [0.2, 0.25) is 0 Å². The van der Waals surface area contributed by atoms with Gasteiger partial charge in [-0.25, -0.2) is 9.59 Å². The highest BCUT2D eigenvalue weighted by Gasteiger charge is 2.43. The zero-order chi connectivity index (χ0) is 65.2. The van der Waals surface area contributed by atoms with Gasteiger partial charge in [0.1, 0.15) is 36.3 Å². The molecule has 0 radical (unpaired) electrons. The Kier molecular flexibility index (Phi) is 25.3. The molecule has 2 aliphatic rings. The van der Waals surface area contributed by atoms with Gasteiger partial charge in [0.25, 0.3) is 11.8 Å². The SMILES string of the molecule is CCCC[C@H]1C(=O)C[C@@H](Cc2ccc3ccccc3c2)C(=O)N(C)[C@@H](COC(C)(C)C)C(=O)NCC(=O)N(C)CCC=CC(=O)OCC(C)(C)C(=O)C(=O)N2CCCC[C@H]2C(=O)O[C@H](CCc2cc(OC)c(OC)cc2O)c2cccc(c2)OCC(=O)N1C. The van der Waals surface area contributed by atoms with Crippen LogP contribution in [-0.2, 0) is 70.2 Å². The highest BCUT2D eigenvalue weighted by molar-refractivity contribution is 6.38. The number of methoxy groups -OCH3 is 2. The molecule has 2 N–H and O–H groups in total. The molecule has 2 bridgehead atoms. The molecule has 21 heteroatoms. The molecule has 2 aliphatic heterocycles. The fourth-order valence-electron chi connectivity index (χ4n) is 10.7. The van der Waals surface area contributed by atoms with E-state index in [1.807, 2.05) is 49.4 Å². The van der Waals surface area contributed by atoms with Crippen LogP contribution >= 0.6 is 0 Å². The number of cyclic esters (lactones) is 2. The number of carbonyl (C=O) groups is 9. The van der Waals surface area contributed by atoms with Gasteiger partial charge in [0.15, 0.2) is 23.9 Å². The average Bonchev–Trinajstić information content (AvgIpc) is 1.55. The van der Waals surface area contributed by atoms with Crippen LogP contribution in [0.5, 0.6) is 23.0 Å². The quantitative estimate of drug-likeness (QED) is 0.102. The first-order valence-electron chi connectivity index (χ1n) is 30.5. The number of benzene rings is 4. The Balaban J connectivity index is 1.36. The van der Waals surface area contributed by atoms with Crippen molar-refractivity contribution in [3.05, 3.63) is 108 Å². The Morgan fingerprint density at radius 1 is 0.775 bits per heavy atom. The second kappa shape index (κ2) is 32.2. The lowest BCUT2D eigenvalue weighted by Gasteiger charge is -2.36. The summed E-state index contributed by atoms with van der Waals surface area (Å²) in [5.74, 6) is -6.33. The molecule has 1 fully saturated rings. The summed E-state index contributed by atoms with van der Waals surface area (Å²) < 4.78 is 34.9. The van der Waals surface area contributed by atoms with E-state index in [9.17, 15) is 43.5 Å². The normalized spacial score (nSPS) is 21.6. The van der Waals surface area contributed by atoms with Crippen molar-refractivity contribution >= 4 is 63.8 Å². The maximum atomic E-state index is 15.1. The summed E-state index contributed by atoms with van der Waals surface area (Å²) in [7, 11) is 7.40. The van der Waals surface area contributed by atoms with Crippen LogP contribution in [0.15, 0.2) is 91.0 Å². The summed E-state index contributed by atoms with van der Waals surface area (Å²) in [5.41, 5.74) is -0.630. The van der Waals surface area contributed by atoms with Crippen molar-refractivity contribution in [1.29, 1.82) is 0 Å². The molecule has 1 saturated heterocycles. The van der Waals surface area contributed by atoms with Crippen LogP contribution in [0.25, 0.3) is 10.8 Å². The van der Waals surface area contributed by atoms with Gasteiger partial charge in [-0.2, -0.15) is 0 Å². The highest BCUT2D eigenvalue weighted by atomic mass is 16.5. The Morgan fingerprint density at radius 2 is 1.49 bits per heavy atom. The topological polar surface area (TPSA) is 254 Å². The first-order valence-corrected chi connectivity index (χ1v) is 30.5. The minimum absolute atomic E-state index is 0.0709. The lowest BCUT2D eigenvalue weighted by Crippen LogP contribution is -2.54. The summed E-state index contributed by atoms with van der Waals surface area (Å²) in [5, 5.41) is 15.7. The van der Waals surface area contributed by atoms with E-state index in [1.165, 1.54) is 81.0 Å². The summed E-state index contributed by atoms with van der Waals surface area (Å²) in [4.78, 5) is 133. The van der Waals surface area contributed by atoms with Crippen molar-refractivity contribution in [2.24, 2.45) is 11.3 Å². The second-order valence-electron chi connectivity index (χ2n) is 24.5. The number of nitrogens with one attached hydrogen (secondary N) is 1. The molecular formula is C68H89N5O16. The number of aromatic hydroxyl groups is 1. The Morgan fingerprint density at radius 3 is 2.20 bits per heavy atom. The molecule has 4 aromatic carbocycles. The van der Waals surface area contributed by atoms with Crippen LogP contribution in [0.3, 0.4) is 0 Å². The number of phenolic OH excluding ortho intramolecular Hbond substituents is 1. The molecule has 4 aromatic rings. The third-order valence-corrected chi connectivity index (χ3v) is 16.2. The Labute approximate surface area is 522 Å². The Hall–Kier alpha value is -8.33. The van der Waals surface area contributed by atoms with Gasteiger partial charge in [0, 0.05) is 58.7 Å². The standard InChI is InChI=1S/C68H89N5O16/c1-12-13-25-51-55(75)37-49(35-44-28-29-45-21-14-15-22-46(45)34-44)64(81)72(9)53(41-88-67(2,3)4)63(80)69-40-59(76)70(7)32-18-17-27-61(78)87-43-68(5,6)62(79)65(82)73-33-19-16-26-52(73)66(83)89-56(31-30-47-38-57(84-10)58(85-11)39-54(47)74)48-23-20-24-50(36-48)86-42-60(77)71(51)8/h14-15,17,20-24,27-29,34,36,38-39,49,51-53,56,74H,12-13,16,18-19,25-26,30-33,35,37,40-43H2,1-11H3,(H,69,80)/t49-,51+,52+,53+,56-/m1/s1. The number of esters is 2. The lowest BCUT2D eigenvalue weighted by atomic mass is 9.87. The van der Waals surface area contributed by atoms with Crippen molar-refractivity contribution in [2.75, 3.05) is 74.8 Å². The molecule has 0 saturated carbocycles. The predicted octanol–water partition coefficient (Wildman–Crippen LogP) is 7.69. The summed E-state index contributed by atoms with van der Waals surface area (Å²) in [6.45, 7) is 8.77. The lowest BCUT2D eigenvalue weighted by molar-refractivity contribution is -0.165. The van der Waals surface area contributed by atoms with E-state index in [1.54, 1.807) is 51.1 Å². The van der Waals surface area contributed by atoms with Crippen molar-refractivity contribution < 1.29 is 76.7 Å². The molecule has 0 aromatic heterocycles. The number of ether oxygens (including phenoxy) is 6. The Bertz CT molecular complexity index is 3210. The third-order valence-electron chi connectivity index (χ3n) is 16.2. The van der Waals surface area contributed by atoms with Crippen LogP contribution in [-0.4, -0.2) is 176 Å².